The fourth-order valence-electron chi connectivity index (χ4n) is 2.41. The SMILES string of the molecule is CNC1CCCN(C2=CC=NCC2)CC1. The van der Waals surface area contributed by atoms with E-state index in [1.807, 2.05) is 6.21 Å². The lowest BCUT2D eigenvalue weighted by Gasteiger charge is -2.26. The second-order valence-electron chi connectivity index (χ2n) is 4.37. The third kappa shape index (κ3) is 2.81. The maximum Gasteiger partial charge on any atom is 0.0443 e. The van der Waals surface area contributed by atoms with E-state index in [1.54, 1.807) is 0 Å². The Morgan fingerprint density at radius 2 is 2.33 bits per heavy atom. The van der Waals surface area contributed by atoms with Crippen LogP contribution in [-0.4, -0.2) is 43.8 Å². The van der Waals surface area contributed by atoms with Gasteiger partial charge in [-0.2, -0.15) is 0 Å². The Hall–Kier alpha value is -0.830. The second kappa shape index (κ2) is 5.31. The van der Waals surface area contributed by atoms with Gasteiger partial charge in [-0.3, -0.25) is 4.99 Å². The highest BCUT2D eigenvalue weighted by atomic mass is 15.1. The molecule has 0 aromatic rings. The summed E-state index contributed by atoms with van der Waals surface area (Å²) in [5, 5.41) is 3.39. The smallest absolute Gasteiger partial charge is 0.0443 e. The molecule has 2 aliphatic heterocycles. The van der Waals surface area contributed by atoms with Crippen molar-refractivity contribution in [3.8, 4) is 0 Å². The van der Waals surface area contributed by atoms with Gasteiger partial charge in [0.1, 0.15) is 0 Å². The van der Waals surface area contributed by atoms with Gasteiger partial charge in [-0.05, 0) is 32.4 Å². The fourth-order valence-corrected chi connectivity index (χ4v) is 2.41. The molecular formula is C12H21N3. The maximum atomic E-state index is 4.24. The van der Waals surface area contributed by atoms with E-state index < -0.39 is 0 Å². The number of hydrogen-bond acceptors (Lipinski definition) is 3. The maximum absolute atomic E-state index is 4.24. The lowest BCUT2D eigenvalue weighted by Crippen LogP contribution is -2.28. The molecule has 2 aliphatic rings. The first kappa shape index (κ1) is 10.7. The highest BCUT2D eigenvalue weighted by molar-refractivity contribution is 5.73. The Kier molecular flexibility index (Phi) is 3.78. The Balaban J connectivity index is 1.93. The topological polar surface area (TPSA) is 27.6 Å². The van der Waals surface area contributed by atoms with Crippen LogP contribution in [0.3, 0.4) is 0 Å². The molecule has 0 bridgehead atoms. The van der Waals surface area contributed by atoms with E-state index >= 15 is 0 Å². The molecule has 0 aromatic carbocycles. The Bertz CT molecular complexity index is 258. The van der Waals surface area contributed by atoms with Crippen LogP contribution < -0.4 is 5.32 Å². The number of nitrogens with zero attached hydrogens (tertiary/aromatic N) is 2. The van der Waals surface area contributed by atoms with Crippen LogP contribution in [0.2, 0.25) is 0 Å². The van der Waals surface area contributed by atoms with Crippen LogP contribution >= 0.6 is 0 Å². The predicted molar refractivity (Wildman–Crippen MR) is 64.3 cm³/mol. The molecule has 1 fully saturated rings. The summed E-state index contributed by atoms with van der Waals surface area (Å²) >= 11 is 0. The number of rotatable bonds is 2. The Morgan fingerprint density at radius 3 is 3.07 bits per heavy atom. The molecule has 1 unspecified atom stereocenters. The lowest BCUT2D eigenvalue weighted by molar-refractivity contribution is 0.342. The number of likely N-dealkylation sites (tertiary alicyclic amines) is 1. The van der Waals surface area contributed by atoms with E-state index in [2.05, 4.69) is 28.3 Å². The van der Waals surface area contributed by atoms with Crippen LogP contribution in [0, 0.1) is 0 Å². The van der Waals surface area contributed by atoms with E-state index in [0.717, 1.165) is 13.0 Å². The van der Waals surface area contributed by atoms with Gasteiger partial charge >= 0.3 is 0 Å². The molecular weight excluding hydrogens is 186 g/mol. The molecule has 0 spiro atoms. The molecule has 0 aliphatic carbocycles. The van der Waals surface area contributed by atoms with E-state index in [1.165, 1.54) is 38.0 Å². The molecule has 1 atom stereocenters. The minimum atomic E-state index is 0.716. The van der Waals surface area contributed by atoms with E-state index in [0.29, 0.717) is 6.04 Å². The molecule has 2 heterocycles. The number of aliphatic imine (C=N–C) groups is 1. The molecule has 2 rings (SSSR count). The van der Waals surface area contributed by atoms with E-state index in [-0.39, 0.29) is 0 Å². The average molecular weight is 207 g/mol. The van der Waals surface area contributed by atoms with Gasteiger partial charge in [0, 0.05) is 44.0 Å². The third-order valence-electron chi connectivity index (χ3n) is 3.41. The molecule has 0 saturated carbocycles. The van der Waals surface area contributed by atoms with Crippen molar-refractivity contribution in [2.24, 2.45) is 4.99 Å². The van der Waals surface area contributed by atoms with Gasteiger partial charge in [0.2, 0.25) is 0 Å². The van der Waals surface area contributed by atoms with Crippen molar-refractivity contribution in [1.29, 1.82) is 0 Å². The summed E-state index contributed by atoms with van der Waals surface area (Å²) in [6.07, 6.45) is 9.16. The normalized spacial score (nSPS) is 27.4. The van der Waals surface area contributed by atoms with Crippen LogP contribution in [0.25, 0.3) is 0 Å². The molecule has 3 heteroatoms. The zero-order chi connectivity index (χ0) is 10.5. The highest BCUT2D eigenvalue weighted by Gasteiger charge is 2.17. The van der Waals surface area contributed by atoms with Crippen molar-refractivity contribution in [3.05, 3.63) is 11.8 Å². The summed E-state index contributed by atoms with van der Waals surface area (Å²) in [5.74, 6) is 0. The average Bonchev–Trinajstić information content (AvgIpc) is 2.55. The summed E-state index contributed by atoms with van der Waals surface area (Å²) in [6.45, 7) is 3.39. The lowest BCUT2D eigenvalue weighted by atomic mass is 10.1. The monoisotopic (exact) mass is 207 g/mol. The Morgan fingerprint density at radius 1 is 1.40 bits per heavy atom. The fraction of sp³-hybridized carbons (Fsp3) is 0.750. The van der Waals surface area contributed by atoms with Gasteiger partial charge in [0.25, 0.3) is 0 Å². The molecule has 0 aromatic heterocycles. The zero-order valence-corrected chi connectivity index (χ0v) is 9.58. The molecule has 1 N–H and O–H groups in total. The van der Waals surface area contributed by atoms with Gasteiger partial charge in [-0.25, -0.2) is 0 Å². The number of nitrogens with one attached hydrogen (secondary N) is 1. The molecule has 15 heavy (non-hydrogen) atoms. The van der Waals surface area contributed by atoms with Gasteiger partial charge in [-0.1, -0.05) is 0 Å². The first-order valence-corrected chi connectivity index (χ1v) is 6.01. The minimum absolute atomic E-state index is 0.716. The first-order valence-electron chi connectivity index (χ1n) is 6.01. The van der Waals surface area contributed by atoms with Crippen molar-refractivity contribution >= 4 is 6.21 Å². The van der Waals surface area contributed by atoms with Crippen molar-refractivity contribution in [2.45, 2.75) is 31.7 Å². The molecule has 84 valence electrons. The largest absolute Gasteiger partial charge is 0.375 e. The van der Waals surface area contributed by atoms with Crippen LogP contribution in [0.5, 0.6) is 0 Å². The van der Waals surface area contributed by atoms with Gasteiger partial charge in [0.15, 0.2) is 0 Å². The third-order valence-corrected chi connectivity index (χ3v) is 3.41. The van der Waals surface area contributed by atoms with Crippen LogP contribution in [0.1, 0.15) is 25.7 Å². The van der Waals surface area contributed by atoms with Crippen molar-refractivity contribution in [3.63, 3.8) is 0 Å². The van der Waals surface area contributed by atoms with E-state index in [9.17, 15) is 0 Å². The quantitative estimate of drug-likeness (QED) is 0.741. The van der Waals surface area contributed by atoms with Gasteiger partial charge in [0.05, 0.1) is 0 Å². The number of allylic oxidation sites excluding steroid dienone is 1. The zero-order valence-electron chi connectivity index (χ0n) is 9.58. The number of dihydropyridines is 1. The molecule has 3 nitrogen and oxygen atoms in total. The number of hydrogen-bond donors (Lipinski definition) is 1. The summed E-state index contributed by atoms with van der Waals surface area (Å²) in [5.41, 5.74) is 1.49. The summed E-state index contributed by atoms with van der Waals surface area (Å²) in [7, 11) is 2.08. The minimum Gasteiger partial charge on any atom is -0.375 e. The predicted octanol–water partition coefficient (Wildman–Crippen LogP) is 1.42. The molecule has 0 radical (unpaired) electrons. The summed E-state index contributed by atoms with van der Waals surface area (Å²) < 4.78 is 0. The van der Waals surface area contributed by atoms with Gasteiger partial charge in [-0.15, -0.1) is 0 Å². The Labute approximate surface area is 92.3 Å². The van der Waals surface area contributed by atoms with E-state index in [4.69, 9.17) is 0 Å². The summed E-state index contributed by atoms with van der Waals surface area (Å²) in [6, 6.07) is 0.716. The van der Waals surface area contributed by atoms with Gasteiger partial charge < -0.3 is 10.2 Å². The van der Waals surface area contributed by atoms with Crippen LogP contribution in [0.15, 0.2) is 16.8 Å². The van der Waals surface area contributed by atoms with Crippen molar-refractivity contribution in [1.82, 2.24) is 10.2 Å². The van der Waals surface area contributed by atoms with Crippen LogP contribution in [-0.2, 0) is 0 Å². The highest BCUT2D eigenvalue weighted by Crippen LogP contribution is 2.18. The van der Waals surface area contributed by atoms with Crippen molar-refractivity contribution in [2.75, 3.05) is 26.7 Å². The summed E-state index contributed by atoms with van der Waals surface area (Å²) in [4.78, 5) is 6.78. The first-order chi connectivity index (χ1) is 7.40. The molecule has 1 saturated heterocycles. The standard InChI is InChI=1S/C12H21N3/c1-13-11-3-2-9-15(10-6-11)12-4-7-14-8-5-12/h4,7,11,13H,2-3,5-6,8-10H2,1H3. The second-order valence-corrected chi connectivity index (χ2v) is 4.37. The molecule has 0 amide bonds. The van der Waals surface area contributed by atoms with Crippen molar-refractivity contribution < 1.29 is 0 Å². The van der Waals surface area contributed by atoms with Crippen LogP contribution in [0.4, 0.5) is 0 Å².